The Morgan fingerprint density at radius 2 is 1.71 bits per heavy atom. The van der Waals surface area contributed by atoms with Gasteiger partial charge in [0.25, 0.3) is 0 Å². The molecule has 0 bridgehead atoms. The van der Waals surface area contributed by atoms with E-state index in [-0.39, 0.29) is 16.3 Å². The molecule has 34 heavy (non-hydrogen) atoms. The zero-order chi connectivity index (χ0) is 24.2. The van der Waals surface area contributed by atoms with Crippen molar-refractivity contribution >= 4 is 61.0 Å². The molecule has 2 aromatic carbocycles. The Bertz CT molecular complexity index is 1440. The number of thiophene rings is 2. The lowest BCUT2D eigenvalue weighted by Gasteiger charge is -2.04. The molecule has 0 aliphatic heterocycles. The van der Waals surface area contributed by atoms with Gasteiger partial charge in [-0.3, -0.25) is 0 Å². The van der Waals surface area contributed by atoms with Crippen LogP contribution >= 0.6 is 34.3 Å². The highest BCUT2D eigenvalue weighted by atomic mass is 35.5. The van der Waals surface area contributed by atoms with Gasteiger partial charge in [-0.25, -0.2) is 13.2 Å². The highest BCUT2D eigenvalue weighted by molar-refractivity contribution is 7.28. The molecule has 2 nitrogen and oxygen atoms in total. The molecule has 4 aromatic rings. The summed E-state index contributed by atoms with van der Waals surface area (Å²) in [4.78, 5) is 1.68. The van der Waals surface area contributed by atoms with Crippen molar-refractivity contribution in [1.29, 1.82) is 0 Å². The van der Waals surface area contributed by atoms with Crippen LogP contribution in [-0.2, 0) is 6.42 Å². The van der Waals surface area contributed by atoms with Crippen molar-refractivity contribution in [2.24, 2.45) is 5.16 Å². The van der Waals surface area contributed by atoms with Crippen molar-refractivity contribution < 1.29 is 18.4 Å². The molecule has 0 amide bonds. The summed E-state index contributed by atoms with van der Waals surface area (Å²) in [5.41, 5.74) is 1.05. The first-order chi connectivity index (χ1) is 16.4. The third-order valence-corrected chi connectivity index (χ3v) is 7.38. The second-order valence-electron chi connectivity index (χ2n) is 7.38. The number of hydrogen-bond donors (Lipinski definition) is 1. The van der Waals surface area contributed by atoms with Gasteiger partial charge in [-0.05, 0) is 66.6 Å². The molecule has 8 heteroatoms. The molecule has 0 aliphatic rings. The van der Waals surface area contributed by atoms with Gasteiger partial charge < -0.3 is 5.21 Å². The first-order valence-electron chi connectivity index (χ1n) is 10.3. The molecule has 4 rings (SSSR count). The molecule has 0 fully saturated rings. The van der Waals surface area contributed by atoms with E-state index in [4.69, 9.17) is 16.8 Å². The Morgan fingerprint density at radius 1 is 0.971 bits per heavy atom. The number of oxime groups is 1. The summed E-state index contributed by atoms with van der Waals surface area (Å²) in [6, 6.07) is 10.9. The molecule has 0 aliphatic carbocycles. The monoisotopic (exact) mass is 515 g/mol. The molecule has 0 saturated carbocycles. The van der Waals surface area contributed by atoms with Crippen LogP contribution in [0.2, 0.25) is 0 Å². The van der Waals surface area contributed by atoms with Gasteiger partial charge in [0.2, 0.25) is 0 Å². The van der Waals surface area contributed by atoms with Crippen molar-refractivity contribution in [2.75, 3.05) is 0 Å². The first-order valence-corrected chi connectivity index (χ1v) is 12.3. The minimum Gasteiger partial charge on any atom is -0.410 e. The predicted molar refractivity (Wildman–Crippen MR) is 136 cm³/mol. The van der Waals surface area contributed by atoms with Crippen LogP contribution in [0.3, 0.4) is 0 Å². The number of hydrogen-bond acceptors (Lipinski definition) is 4. The summed E-state index contributed by atoms with van der Waals surface area (Å²) < 4.78 is 44.7. The lowest BCUT2D eigenvalue weighted by Crippen LogP contribution is -1.96. The fraction of sp³-hybridized carbons (Fsp3) is 0.115. The van der Waals surface area contributed by atoms with Gasteiger partial charge >= 0.3 is 0 Å². The second kappa shape index (κ2) is 10.5. The number of aryl methyl sites for hydroxylation is 1. The van der Waals surface area contributed by atoms with Crippen molar-refractivity contribution in [2.45, 2.75) is 19.8 Å². The van der Waals surface area contributed by atoms with Crippen molar-refractivity contribution in [3.8, 4) is 11.8 Å². The molecular formula is C26H17ClF3NOS2. The van der Waals surface area contributed by atoms with Crippen molar-refractivity contribution in [3.05, 3.63) is 91.9 Å². The molecule has 2 heterocycles. The van der Waals surface area contributed by atoms with E-state index in [2.05, 4.69) is 17.0 Å². The van der Waals surface area contributed by atoms with Crippen LogP contribution in [0.1, 0.15) is 45.4 Å². The smallest absolute Gasteiger partial charge is 0.178 e. The molecule has 0 spiro atoms. The summed E-state index contributed by atoms with van der Waals surface area (Å²) in [6.45, 7) is 1.96. The molecule has 0 saturated heterocycles. The Hall–Kier alpha value is -3.05. The average Bonchev–Trinajstić information content (AvgIpc) is 3.35. The molecular weight excluding hydrogens is 499 g/mol. The average molecular weight is 516 g/mol. The fourth-order valence-corrected chi connectivity index (χ4v) is 5.66. The van der Waals surface area contributed by atoms with E-state index < -0.39 is 17.5 Å². The quantitative estimate of drug-likeness (QED) is 0.123. The van der Waals surface area contributed by atoms with E-state index in [1.165, 1.54) is 53.0 Å². The zero-order valence-electron chi connectivity index (χ0n) is 17.8. The Balaban J connectivity index is 1.52. The minimum atomic E-state index is -0.633. The predicted octanol–water partition coefficient (Wildman–Crippen LogP) is 8.28. The lowest BCUT2D eigenvalue weighted by atomic mass is 10.1. The zero-order valence-corrected chi connectivity index (χ0v) is 20.2. The van der Waals surface area contributed by atoms with Gasteiger partial charge in [0.05, 0.1) is 10.4 Å². The standard InChI is InChI=1S/C26H17ClF3NOS2/c1-2-3-16-11-21(28)19(22(29)12-16)9-7-18-14-25-24(34-18)13-17(33-25)6-4-15-5-8-20(23(30)10-15)26(27)31-32/h5,7-14,32H,2-3H2,1H3/b9-7+,31-26-. The maximum absolute atomic E-state index is 14.3. The van der Waals surface area contributed by atoms with Crippen LogP contribution in [0.4, 0.5) is 13.2 Å². The Kier molecular flexibility index (Phi) is 7.42. The van der Waals surface area contributed by atoms with Crippen molar-refractivity contribution in [3.63, 3.8) is 0 Å². The van der Waals surface area contributed by atoms with Crippen LogP contribution in [0.15, 0.2) is 47.6 Å². The minimum absolute atomic E-state index is 0.0106. The van der Waals surface area contributed by atoms with E-state index in [1.54, 1.807) is 12.1 Å². The van der Waals surface area contributed by atoms with Gasteiger partial charge in [-0.1, -0.05) is 41.9 Å². The van der Waals surface area contributed by atoms with Crippen LogP contribution in [0.25, 0.3) is 21.6 Å². The molecule has 0 radical (unpaired) electrons. The van der Waals surface area contributed by atoms with Crippen molar-refractivity contribution in [1.82, 2.24) is 0 Å². The van der Waals surface area contributed by atoms with E-state index in [0.29, 0.717) is 17.5 Å². The van der Waals surface area contributed by atoms with Gasteiger partial charge in [-0.15, -0.1) is 22.7 Å². The number of fused-ring (bicyclic) bond motifs is 1. The van der Waals surface area contributed by atoms with Crippen LogP contribution < -0.4 is 0 Å². The summed E-state index contributed by atoms with van der Waals surface area (Å²) >= 11 is 8.61. The third kappa shape index (κ3) is 5.36. The van der Waals surface area contributed by atoms with E-state index in [0.717, 1.165) is 25.6 Å². The SMILES string of the molecule is CCCc1cc(F)c(/C=C/c2cc3sc(C#Cc4ccc(/C(Cl)=N/O)c(F)c4)cc3s2)c(F)c1. The van der Waals surface area contributed by atoms with Crippen LogP contribution in [-0.4, -0.2) is 10.4 Å². The lowest BCUT2D eigenvalue weighted by molar-refractivity contribution is 0.320. The Labute approximate surface area is 207 Å². The van der Waals surface area contributed by atoms with E-state index in [1.807, 2.05) is 19.1 Å². The highest BCUT2D eigenvalue weighted by Crippen LogP contribution is 2.34. The summed E-state index contributed by atoms with van der Waals surface area (Å²) in [5, 5.41) is 11.1. The number of rotatable bonds is 5. The van der Waals surface area contributed by atoms with Crippen LogP contribution in [0.5, 0.6) is 0 Å². The highest BCUT2D eigenvalue weighted by Gasteiger charge is 2.10. The van der Waals surface area contributed by atoms with Crippen LogP contribution in [0, 0.1) is 29.3 Å². The number of benzene rings is 2. The fourth-order valence-electron chi connectivity index (χ4n) is 3.34. The maximum Gasteiger partial charge on any atom is 0.178 e. The number of nitrogens with zero attached hydrogens (tertiary/aromatic N) is 1. The van der Waals surface area contributed by atoms with Gasteiger partial charge in [0, 0.05) is 25.4 Å². The number of halogens is 4. The maximum atomic E-state index is 14.3. The van der Waals surface area contributed by atoms with Gasteiger partial charge in [0.15, 0.2) is 5.17 Å². The third-order valence-electron chi connectivity index (χ3n) is 4.93. The summed E-state index contributed by atoms with van der Waals surface area (Å²) in [5.74, 6) is 4.16. The van der Waals surface area contributed by atoms with Gasteiger partial charge in [-0.2, -0.15) is 0 Å². The molecule has 172 valence electrons. The summed E-state index contributed by atoms with van der Waals surface area (Å²) in [6.07, 6.45) is 4.62. The van der Waals surface area contributed by atoms with Gasteiger partial charge in [0.1, 0.15) is 17.5 Å². The second-order valence-corrected chi connectivity index (χ2v) is 9.94. The van der Waals surface area contributed by atoms with E-state index >= 15 is 0 Å². The van der Waals surface area contributed by atoms with E-state index in [9.17, 15) is 13.2 Å². The Morgan fingerprint density at radius 3 is 2.35 bits per heavy atom. The first kappa shape index (κ1) is 24.1. The summed E-state index contributed by atoms with van der Waals surface area (Å²) in [7, 11) is 0. The molecule has 0 unspecified atom stereocenters. The molecule has 1 N–H and O–H groups in total. The topological polar surface area (TPSA) is 32.6 Å². The molecule has 0 atom stereocenters. The largest absolute Gasteiger partial charge is 0.410 e. The molecule has 2 aromatic heterocycles. The normalized spacial score (nSPS) is 11.9.